The second-order valence-corrected chi connectivity index (χ2v) is 2.86. The highest BCUT2D eigenvalue weighted by atomic mass is 15.1. The van der Waals surface area contributed by atoms with Crippen LogP contribution in [0.1, 0.15) is 39.5 Å². The van der Waals surface area contributed by atoms with Gasteiger partial charge in [-0.05, 0) is 12.8 Å². The van der Waals surface area contributed by atoms with E-state index in [0.29, 0.717) is 0 Å². The molecular weight excluding hydrogens is 138 g/mol. The Balaban J connectivity index is 3.32. The number of nitrogens with zero attached hydrogens (tertiary/aromatic N) is 1. The van der Waals surface area contributed by atoms with E-state index in [1.165, 1.54) is 0 Å². The predicted molar refractivity (Wildman–Crippen MR) is 47.9 cm³/mol. The fourth-order valence-electron chi connectivity index (χ4n) is 0.987. The van der Waals surface area contributed by atoms with Crippen molar-refractivity contribution < 1.29 is 0 Å². The van der Waals surface area contributed by atoms with Crippen LogP contribution in [0.25, 0.3) is 0 Å². The summed E-state index contributed by atoms with van der Waals surface area (Å²) in [6.07, 6.45) is 3.92. The molecule has 0 aliphatic carbocycles. The number of hydrogen-bond acceptors (Lipinski definition) is 2. The first-order valence-corrected chi connectivity index (χ1v) is 4.41. The third-order valence-corrected chi connectivity index (χ3v) is 1.55. The molecule has 0 bridgehead atoms. The minimum Gasteiger partial charge on any atom is -0.315 e. The molecule has 4 N–H and O–H groups in total. The highest BCUT2D eigenvalue weighted by Gasteiger charge is 2.06. The van der Waals surface area contributed by atoms with Gasteiger partial charge in [-0.3, -0.25) is 0 Å². The van der Waals surface area contributed by atoms with Crippen LogP contribution in [-0.4, -0.2) is 12.3 Å². The van der Waals surface area contributed by atoms with Crippen LogP contribution >= 0.6 is 0 Å². The Bertz CT molecular complexity index is 75.4. The molecule has 0 saturated carbocycles. The molecule has 0 fully saturated rings. The van der Waals surface area contributed by atoms with Gasteiger partial charge in [0.1, 0.15) is 0 Å². The van der Waals surface area contributed by atoms with Crippen LogP contribution in [0.15, 0.2) is 0 Å². The van der Waals surface area contributed by atoms with Crippen molar-refractivity contribution in [2.24, 2.45) is 11.5 Å². The molecule has 2 atom stereocenters. The van der Waals surface area contributed by atoms with Gasteiger partial charge in [-0.15, -0.1) is 0 Å². The maximum absolute atomic E-state index is 5.67. The molecule has 0 aliphatic heterocycles. The molecule has 3 nitrogen and oxygen atoms in total. The summed E-state index contributed by atoms with van der Waals surface area (Å²) < 4.78 is 0. The Kier molecular flexibility index (Phi) is 6.51. The summed E-state index contributed by atoms with van der Waals surface area (Å²) in [6.45, 7) is 4.20. The van der Waals surface area contributed by atoms with Crippen molar-refractivity contribution in [2.45, 2.75) is 51.9 Å². The quantitative estimate of drug-likeness (QED) is 0.599. The molecule has 0 aromatic carbocycles. The molecule has 0 aromatic heterocycles. The van der Waals surface area contributed by atoms with Crippen molar-refractivity contribution in [3.63, 3.8) is 0 Å². The molecule has 0 heterocycles. The monoisotopic (exact) mass is 158 g/mol. The summed E-state index contributed by atoms with van der Waals surface area (Å²) >= 11 is 0. The van der Waals surface area contributed by atoms with Crippen LogP contribution in [0.5, 0.6) is 0 Å². The van der Waals surface area contributed by atoms with E-state index < -0.39 is 0 Å². The number of hydrogen-bond donors (Lipinski definition) is 2. The van der Waals surface area contributed by atoms with Crippen LogP contribution in [-0.2, 0) is 0 Å². The molecule has 0 saturated heterocycles. The molecule has 0 rings (SSSR count). The predicted octanol–water partition coefficient (Wildman–Crippen LogP) is 0.761. The second kappa shape index (κ2) is 6.58. The van der Waals surface area contributed by atoms with E-state index in [-0.39, 0.29) is 12.3 Å². The van der Waals surface area contributed by atoms with Crippen molar-refractivity contribution in [3.05, 3.63) is 0 Å². The third-order valence-electron chi connectivity index (χ3n) is 1.55. The Morgan fingerprint density at radius 2 is 1.36 bits per heavy atom. The highest BCUT2D eigenvalue weighted by Crippen LogP contribution is 1.96. The molecular formula is C8H20N3. The molecule has 2 unspecified atom stereocenters. The Labute approximate surface area is 69.5 Å². The lowest BCUT2D eigenvalue weighted by atomic mass is 10.2. The van der Waals surface area contributed by atoms with Gasteiger partial charge in [0.05, 0.1) is 12.3 Å². The van der Waals surface area contributed by atoms with E-state index >= 15 is 0 Å². The van der Waals surface area contributed by atoms with Crippen molar-refractivity contribution in [2.75, 3.05) is 0 Å². The van der Waals surface area contributed by atoms with Crippen LogP contribution < -0.4 is 16.8 Å². The molecule has 3 heteroatoms. The summed E-state index contributed by atoms with van der Waals surface area (Å²) in [6, 6.07) is 0. The standard InChI is InChI=1S/C8H20N3/c1-3-5-7(9)11-8(10)6-4-2/h7-8H,3-6,9-10H2,1-2H3. The van der Waals surface area contributed by atoms with E-state index in [0.717, 1.165) is 25.7 Å². The zero-order valence-electron chi connectivity index (χ0n) is 7.59. The van der Waals surface area contributed by atoms with Crippen LogP contribution in [0.3, 0.4) is 0 Å². The molecule has 0 aliphatic rings. The lowest BCUT2D eigenvalue weighted by Gasteiger charge is -2.15. The average Bonchev–Trinajstić information content (AvgIpc) is 1.87. The first kappa shape index (κ1) is 10.9. The van der Waals surface area contributed by atoms with Crippen LogP contribution in [0, 0.1) is 0 Å². The minimum atomic E-state index is -0.0541. The van der Waals surface area contributed by atoms with E-state index in [9.17, 15) is 0 Å². The lowest BCUT2D eigenvalue weighted by molar-refractivity contribution is 0.389. The van der Waals surface area contributed by atoms with Gasteiger partial charge < -0.3 is 11.5 Å². The zero-order chi connectivity index (χ0) is 8.69. The maximum atomic E-state index is 5.67. The summed E-state index contributed by atoms with van der Waals surface area (Å²) in [7, 11) is 0. The first-order valence-electron chi connectivity index (χ1n) is 4.41. The number of nitrogens with two attached hydrogens (primary N) is 2. The molecule has 0 aromatic rings. The van der Waals surface area contributed by atoms with E-state index in [2.05, 4.69) is 19.2 Å². The lowest BCUT2D eigenvalue weighted by Crippen LogP contribution is -2.42. The van der Waals surface area contributed by atoms with Gasteiger partial charge in [0.2, 0.25) is 0 Å². The van der Waals surface area contributed by atoms with E-state index in [4.69, 9.17) is 11.5 Å². The summed E-state index contributed by atoms with van der Waals surface area (Å²) in [4.78, 5) is 0. The van der Waals surface area contributed by atoms with Gasteiger partial charge in [0.15, 0.2) is 0 Å². The van der Waals surface area contributed by atoms with Gasteiger partial charge in [0, 0.05) is 0 Å². The smallest absolute Gasteiger partial charge is 0.0729 e. The summed E-state index contributed by atoms with van der Waals surface area (Å²) in [5.41, 5.74) is 11.3. The van der Waals surface area contributed by atoms with Gasteiger partial charge in [-0.2, -0.15) is 0 Å². The maximum Gasteiger partial charge on any atom is 0.0729 e. The topological polar surface area (TPSA) is 66.1 Å². The van der Waals surface area contributed by atoms with Gasteiger partial charge in [-0.1, -0.05) is 26.7 Å². The Hall–Kier alpha value is -0.120. The molecule has 11 heavy (non-hydrogen) atoms. The SMILES string of the molecule is CCCC(N)[N]C(N)CCC. The number of rotatable bonds is 6. The van der Waals surface area contributed by atoms with Crippen molar-refractivity contribution in [3.8, 4) is 0 Å². The average molecular weight is 158 g/mol. The Morgan fingerprint density at radius 3 is 1.64 bits per heavy atom. The fourth-order valence-corrected chi connectivity index (χ4v) is 0.987. The van der Waals surface area contributed by atoms with E-state index in [1.807, 2.05) is 0 Å². The van der Waals surface area contributed by atoms with Crippen LogP contribution in [0.4, 0.5) is 0 Å². The normalized spacial score (nSPS) is 16.4. The largest absolute Gasteiger partial charge is 0.315 e. The zero-order valence-corrected chi connectivity index (χ0v) is 7.59. The summed E-state index contributed by atoms with van der Waals surface area (Å²) in [5, 5.41) is 4.21. The molecule has 0 spiro atoms. The van der Waals surface area contributed by atoms with E-state index in [1.54, 1.807) is 0 Å². The molecule has 0 amide bonds. The molecule has 1 radical (unpaired) electrons. The Morgan fingerprint density at radius 1 is 1.00 bits per heavy atom. The van der Waals surface area contributed by atoms with Crippen molar-refractivity contribution in [1.82, 2.24) is 5.32 Å². The first-order chi connectivity index (χ1) is 5.20. The highest BCUT2D eigenvalue weighted by molar-refractivity contribution is 4.63. The summed E-state index contributed by atoms with van der Waals surface area (Å²) in [5.74, 6) is 0. The molecule has 67 valence electrons. The van der Waals surface area contributed by atoms with Gasteiger partial charge in [-0.25, -0.2) is 5.32 Å². The fraction of sp³-hybridized carbons (Fsp3) is 1.00. The minimum absolute atomic E-state index is 0.0541. The van der Waals surface area contributed by atoms with Crippen molar-refractivity contribution >= 4 is 0 Å². The second-order valence-electron chi connectivity index (χ2n) is 2.86. The van der Waals surface area contributed by atoms with Crippen molar-refractivity contribution in [1.29, 1.82) is 0 Å². The third kappa shape index (κ3) is 6.28. The van der Waals surface area contributed by atoms with Gasteiger partial charge in [0.25, 0.3) is 0 Å². The van der Waals surface area contributed by atoms with Gasteiger partial charge >= 0.3 is 0 Å². The van der Waals surface area contributed by atoms with Crippen LogP contribution in [0.2, 0.25) is 0 Å².